The molecule has 0 saturated heterocycles. The number of rotatable bonds is 8. The highest BCUT2D eigenvalue weighted by Crippen LogP contribution is 2.36. The molecule has 0 aliphatic heterocycles. The van der Waals surface area contributed by atoms with Crippen molar-refractivity contribution in [2.45, 2.75) is 78.6 Å². The van der Waals surface area contributed by atoms with Crippen LogP contribution in [0.15, 0.2) is 30.4 Å². The number of benzene rings is 1. The van der Waals surface area contributed by atoms with Crippen molar-refractivity contribution >= 4 is 0 Å². The number of hydrogen-bond acceptors (Lipinski definition) is 1. The summed E-state index contributed by atoms with van der Waals surface area (Å²) in [6, 6.07) is 6.78. The predicted octanol–water partition coefficient (Wildman–Crippen LogP) is 6.62. The van der Waals surface area contributed by atoms with Crippen molar-refractivity contribution in [1.82, 2.24) is 0 Å². The molecule has 0 saturated carbocycles. The van der Waals surface area contributed by atoms with Gasteiger partial charge in [0, 0.05) is 0 Å². The summed E-state index contributed by atoms with van der Waals surface area (Å²) >= 11 is 0. The second-order valence-electron chi connectivity index (χ2n) is 7.07. The van der Waals surface area contributed by atoms with Crippen LogP contribution in [0.1, 0.15) is 84.3 Å². The largest absolute Gasteiger partial charge is 0.493 e. The quantitative estimate of drug-likeness (QED) is 0.490. The van der Waals surface area contributed by atoms with Crippen LogP contribution in [0.3, 0.4) is 0 Å². The fraction of sp³-hybridized carbons (Fsp3) is 0.619. The molecule has 0 radical (unpaired) electrons. The van der Waals surface area contributed by atoms with Crippen LogP contribution < -0.4 is 4.74 Å². The molecule has 1 unspecified atom stereocenters. The molecule has 0 aliphatic rings. The van der Waals surface area contributed by atoms with Crippen LogP contribution in [0.5, 0.6) is 5.75 Å². The van der Waals surface area contributed by atoms with Crippen molar-refractivity contribution in [3.63, 3.8) is 0 Å². The Bertz CT molecular complexity index is 465. The van der Waals surface area contributed by atoms with Crippen molar-refractivity contribution in [1.29, 1.82) is 0 Å². The van der Waals surface area contributed by atoms with Crippen molar-refractivity contribution < 1.29 is 4.74 Å². The van der Waals surface area contributed by atoms with E-state index in [-0.39, 0.29) is 5.41 Å². The Labute approximate surface area is 137 Å². The van der Waals surface area contributed by atoms with Crippen LogP contribution in [0, 0.1) is 0 Å². The summed E-state index contributed by atoms with van der Waals surface area (Å²) in [4.78, 5) is 0. The summed E-state index contributed by atoms with van der Waals surface area (Å²) in [7, 11) is 0. The molecule has 1 atom stereocenters. The monoisotopic (exact) mass is 302 g/mol. The van der Waals surface area contributed by atoms with Gasteiger partial charge in [0.25, 0.3) is 0 Å². The molecule has 1 heteroatoms. The van der Waals surface area contributed by atoms with Crippen LogP contribution in [0.4, 0.5) is 0 Å². The minimum atomic E-state index is 0.176. The third kappa shape index (κ3) is 5.51. The van der Waals surface area contributed by atoms with Crippen LogP contribution in [0.2, 0.25) is 0 Å². The van der Waals surface area contributed by atoms with Gasteiger partial charge in [0.15, 0.2) is 0 Å². The maximum atomic E-state index is 6.02. The van der Waals surface area contributed by atoms with Gasteiger partial charge in [-0.05, 0) is 54.2 Å². The molecule has 0 N–H and O–H groups in total. The SMILES string of the molecule is CC/C=C\CC(CC)c1cc(C(C)(C)C)ccc1OCCC. The van der Waals surface area contributed by atoms with Crippen molar-refractivity contribution in [2.75, 3.05) is 6.61 Å². The van der Waals surface area contributed by atoms with E-state index < -0.39 is 0 Å². The van der Waals surface area contributed by atoms with Gasteiger partial charge in [-0.25, -0.2) is 0 Å². The lowest BCUT2D eigenvalue weighted by Gasteiger charge is -2.24. The first-order chi connectivity index (χ1) is 10.4. The molecule has 1 aromatic rings. The van der Waals surface area contributed by atoms with Crippen molar-refractivity contribution in [3.8, 4) is 5.75 Å². The molecule has 0 spiro atoms. The molecule has 1 nitrogen and oxygen atoms in total. The number of ether oxygens (including phenoxy) is 1. The average molecular weight is 303 g/mol. The van der Waals surface area contributed by atoms with E-state index in [2.05, 4.69) is 71.9 Å². The van der Waals surface area contributed by atoms with Gasteiger partial charge in [-0.15, -0.1) is 0 Å². The van der Waals surface area contributed by atoms with E-state index in [1.165, 1.54) is 11.1 Å². The Morgan fingerprint density at radius 1 is 1.09 bits per heavy atom. The lowest BCUT2D eigenvalue weighted by molar-refractivity contribution is 0.311. The van der Waals surface area contributed by atoms with E-state index in [4.69, 9.17) is 4.74 Å². The maximum absolute atomic E-state index is 6.02. The third-order valence-corrected chi connectivity index (χ3v) is 4.09. The Morgan fingerprint density at radius 2 is 1.82 bits per heavy atom. The molecule has 0 amide bonds. The second kappa shape index (κ2) is 9.02. The van der Waals surface area contributed by atoms with Crippen molar-refractivity contribution in [3.05, 3.63) is 41.5 Å². The summed E-state index contributed by atoms with van der Waals surface area (Å²) in [6.45, 7) is 14.2. The topological polar surface area (TPSA) is 9.23 Å². The molecule has 0 aromatic heterocycles. The lowest BCUT2D eigenvalue weighted by atomic mass is 9.83. The molecule has 124 valence electrons. The second-order valence-corrected chi connectivity index (χ2v) is 7.07. The molecule has 1 rings (SSSR count). The molecule has 1 aromatic carbocycles. The minimum Gasteiger partial charge on any atom is -0.493 e. The first kappa shape index (κ1) is 18.8. The van der Waals surface area contributed by atoms with Crippen LogP contribution in [0.25, 0.3) is 0 Å². The molecule has 22 heavy (non-hydrogen) atoms. The zero-order valence-corrected chi connectivity index (χ0v) is 15.4. The maximum Gasteiger partial charge on any atom is 0.122 e. The molecule has 0 heterocycles. The fourth-order valence-electron chi connectivity index (χ4n) is 2.62. The Kier molecular flexibility index (Phi) is 7.72. The van der Waals surface area contributed by atoms with E-state index >= 15 is 0 Å². The van der Waals surface area contributed by atoms with Crippen LogP contribution in [-0.2, 0) is 5.41 Å². The smallest absolute Gasteiger partial charge is 0.122 e. The minimum absolute atomic E-state index is 0.176. The highest BCUT2D eigenvalue weighted by Gasteiger charge is 2.19. The van der Waals surface area contributed by atoms with Gasteiger partial charge >= 0.3 is 0 Å². The van der Waals surface area contributed by atoms with E-state index in [0.717, 1.165) is 38.0 Å². The zero-order valence-electron chi connectivity index (χ0n) is 15.4. The number of hydrogen-bond donors (Lipinski definition) is 0. The zero-order chi connectivity index (χ0) is 16.6. The van der Waals surface area contributed by atoms with Gasteiger partial charge in [-0.2, -0.15) is 0 Å². The Balaban J connectivity index is 3.15. The van der Waals surface area contributed by atoms with Crippen LogP contribution in [-0.4, -0.2) is 6.61 Å². The third-order valence-electron chi connectivity index (χ3n) is 4.09. The summed E-state index contributed by atoms with van der Waals surface area (Å²) in [6.07, 6.45) is 8.99. The van der Waals surface area contributed by atoms with Gasteiger partial charge in [0.1, 0.15) is 5.75 Å². The normalized spacial score (nSPS) is 13.5. The first-order valence-corrected chi connectivity index (χ1v) is 8.86. The molecule has 0 bridgehead atoms. The molecular weight excluding hydrogens is 268 g/mol. The molecule has 0 fully saturated rings. The summed E-state index contributed by atoms with van der Waals surface area (Å²) in [5.74, 6) is 1.61. The molecule has 0 aliphatic carbocycles. The summed E-state index contributed by atoms with van der Waals surface area (Å²) in [5.41, 5.74) is 2.95. The van der Waals surface area contributed by atoms with Gasteiger partial charge in [0.05, 0.1) is 6.61 Å². The van der Waals surface area contributed by atoms with Crippen molar-refractivity contribution in [2.24, 2.45) is 0 Å². The number of allylic oxidation sites excluding steroid dienone is 2. The lowest BCUT2D eigenvalue weighted by Crippen LogP contribution is -2.13. The van der Waals surface area contributed by atoms with E-state index in [0.29, 0.717) is 5.92 Å². The van der Waals surface area contributed by atoms with E-state index in [9.17, 15) is 0 Å². The summed E-state index contributed by atoms with van der Waals surface area (Å²) < 4.78 is 6.02. The predicted molar refractivity (Wildman–Crippen MR) is 98.0 cm³/mol. The highest BCUT2D eigenvalue weighted by atomic mass is 16.5. The van der Waals surface area contributed by atoms with Gasteiger partial charge < -0.3 is 4.74 Å². The Hall–Kier alpha value is -1.24. The van der Waals surface area contributed by atoms with E-state index in [1.54, 1.807) is 0 Å². The fourth-order valence-corrected chi connectivity index (χ4v) is 2.62. The average Bonchev–Trinajstić information content (AvgIpc) is 2.49. The summed E-state index contributed by atoms with van der Waals surface area (Å²) in [5, 5.41) is 0. The van der Waals surface area contributed by atoms with E-state index in [1.807, 2.05) is 0 Å². The van der Waals surface area contributed by atoms with Gasteiger partial charge in [-0.1, -0.05) is 65.8 Å². The Morgan fingerprint density at radius 3 is 2.36 bits per heavy atom. The van der Waals surface area contributed by atoms with Crippen LogP contribution >= 0.6 is 0 Å². The molecular formula is C21H34O. The highest BCUT2D eigenvalue weighted by molar-refractivity contribution is 5.42. The van der Waals surface area contributed by atoms with Gasteiger partial charge in [-0.3, -0.25) is 0 Å². The van der Waals surface area contributed by atoms with Gasteiger partial charge in [0.2, 0.25) is 0 Å². The first-order valence-electron chi connectivity index (χ1n) is 8.86. The standard InChI is InChI=1S/C21H34O/c1-7-10-11-12-17(9-3)19-16-18(21(4,5)6)13-14-20(19)22-15-8-2/h10-11,13-14,16-17H,7-9,12,15H2,1-6H3/b11-10-.